The molecule has 1 saturated heterocycles. The van der Waals surface area contributed by atoms with Gasteiger partial charge in [-0.2, -0.15) is 0 Å². The van der Waals surface area contributed by atoms with Crippen LogP contribution < -0.4 is 5.32 Å². The summed E-state index contributed by atoms with van der Waals surface area (Å²) in [5, 5.41) is 3.17. The Labute approximate surface area is 181 Å². The molecule has 3 rings (SSSR count). The lowest BCUT2D eigenvalue weighted by Crippen LogP contribution is -2.45. The molecule has 30 heavy (non-hydrogen) atoms. The molecule has 1 aliphatic carbocycles. The summed E-state index contributed by atoms with van der Waals surface area (Å²) in [6, 6.07) is 8.12. The molecule has 2 atom stereocenters. The number of hydrogen-bond acceptors (Lipinski definition) is 4. The Bertz CT molecular complexity index is 680. The highest BCUT2D eigenvalue weighted by atomic mass is 16.5. The van der Waals surface area contributed by atoms with Crippen molar-refractivity contribution < 1.29 is 14.3 Å². The number of ketones is 1. The van der Waals surface area contributed by atoms with Gasteiger partial charge in [0.25, 0.3) is 5.91 Å². The minimum atomic E-state index is -0.0443. The van der Waals surface area contributed by atoms with E-state index in [0.29, 0.717) is 23.7 Å². The molecule has 2 fully saturated rings. The first-order chi connectivity index (χ1) is 14.6. The second kappa shape index (κ2) is 11.6. The van der Waals surface area contributed by atoms with Crippen molar-refractivity contribution in [2.75, 3.05) is 33.4 Å². The van der Waals surface area contributed by atoms with Gasteiger partial charge in [-0.05, 0) is 68.8 Å². The third-order valence-electron chi connectivity index (χ3n) is 6.84. The molecule has 166 valence electrons. The molecule has 1 heterocycles. The lowest BCUT2D eigenvalue weighted by atomic mass is 9.80. The number of likely N-dealkylation sites (tertiary alicyclic amines) is 1. The maximum Gasteiger partial charge on any atom is 0.251 e. The molecule has 2 aliphatic rings. The summed E-state index contributed by atoms with van der Waals surface area (Å²) in [7, 11) is 1.75. The summed E-state index contributed by atoms with van der Waals surface area (Å²) in [5.74, 6) is 0.826. The van der Waals surface area contributed by atoms with Crippen LogP contribution in [0.15, 0.2) is 24.3 Å². The third-order valence-corrected chi connectivity index (χ3v) is 6.84. The number of nitrogens with zero attached hydrogens (tertiary/aromatic N) is 1. The van der Waals surface area contributed by atoms with Crippen LogP contribution in [0, 0.1) is 5.92 Å². The minimum absolute atomic E-state index is 0.00906. The van der Waals surface area contributed by atoms with Gasteiger partial charge >= 0.3 is 0 Å². The molecule has 0 spiro atoms. The largest absolute Gasteiger partial charge is 0.383 e. The van der Waals surface area contributed by atoms with Gasteiger partial charge in [0.1, 0.15) is 5.78 Å². The highest BCUT2D eigenvalue weighted by Crippen LogP contribution is 2.29. The Morgan fingerprint density at radius 3 is 2.43 bits per heavy atom. The number of rotatable bonds is 9. The molecule has 1 amide bonds. The summed E-state index contributed by atoms with van der Waals surface area (Å²) >= 11 is 0. The van der Waals surface area contributed by atoms with Gasteiger partial charge in [0, 0.05) is 37.6 Å². The van der Waals surface area contributed by atoms with E-state index >= 15 is 0 Å². The van der Waals surface area contributed by atoms with Gasteiger partial charge in [-0.15, -0.1) is 0 Å². The maximum atomic E-state index is 12.8. The fraction of sp³-hybridized carbons (Fsp3) is 0.680. The predicted molar refractivity (Wildman–Crippen MR) is 120 cm³/mol. The standard InChI is InChI=1S/C25H38N2O3/c1-3-6-24(28)22-7-4-5-8-23(22)26-25(29)21-11-9-19(10-12-21)20-13-15-27(16-14-20)17-18-30-2/h9-12,20,22-23H,3-8,13-18H2,1-2H3,(H,26,29)/t22-,23+/m1/s1. The average molecular weight is 415 g/mol. The number of hydrogen-bond donors (Lipinski definition) is 1. The van der Waals surface area contributed by atoms with Crippen molar-refractivity contribution in [1.29, 1.82) is 0 Å². The number of piperidine rings is 1. The zero-order valence-corrected chi connectivity index (χ0v) is 18.7. The van der Waals surface area contributed by atoms with E-state index in [1.165, 1.54) is 5.56 Å². The van der Waals surface area contributed by atoms with Crippen LogP contribution in [0.2, 0.25) is 0 Å². The zero-order valence-electron chi connectivity index (χ0n) is 18.7. The molecule has 0 aromatic heterocycles. The van der Waals surface area contributed by atoms with Crippen LogP contribution in [0.5, 0.6) is 0 Å². The van der Waals surface area contributed by atoms with Gasteiger partial charge in [-0.3, -0.25) is 9.59 Å². The molecule has 5 nitrogen and oxygen atoms in total. The Morgan fingerprint density at radius 1 is 1.07 bits per heavy atom. The Hall–Kier alpha value is -1.72. The molecule has 0 unspecified atom stereocenters. The monoisotopic (exact) mass is 414 g/mol. The summed E-state index contributed by atoms with van der Waals surface area (Å²) in [6.07, 6.45) is 7.79. The van der Waals surface area contributed by atoms with Crippen molar-refractivity contribution in [3.8, 4) is 0 Å². The second-order valence-electron chi connectivity index (χ2n) is 8.92. The summed E-state index contributed by atoms with van der Waals surface area (Å²) < 4.78 is 5.18. The average Bonchev–Trinajstić information content (AvgIpc) is 2.78. The molecular formula is C25H38N2O3. The number of nitrogens with one attached hydrogen (secondary N) is 1. The van der Waals surface area contributed by atoms with Gasteiger partial charge < -0.3 is 15.0 Å². The maximum absolute atomic E-state index is 12.8. The topological polar surface area (TPSA) is 58.6 Å². The zero-order chi connectivity index (χ0) is 21.3. The molecule has 0 bridgehead atoms. The highest BCUT2D eigenvalue weighted by Gasteiger charge is 2.31. The van der Waals surface area contributed by atoms with Crippen LogP contribution in [0.3, 0.4) is 0 Å². The molecule has 0 radical (unpaired) electrons. The fourth-order valence-electron chi connectivity index (χ4n) is 4.99. The van der Waals surface area contributed by atoms with Crippen molar-refractivity contribution in [3.05, 3.63) is 35.4 Å². The van der Waals surface area contributed by atoms with E-state index in [1.54, 1.807) is 7.11 Å². The van der Waals surface area contributed by atoms with Gasteiger partial charge in [-0.25, -0.2) is 0 Å². The Morgan fingerprint density at radius 2 is 1.77 bits per heavy atom. The van der Waals surface area contributed by atoms with Crippen molar-refractivity contribution in [2.45, 2.75) is 70.3 Å². The van der Waals surface area contributed by atoms with Crippen molar-refractivity contribution in [2.24, 2.45) is 5.92 Å². The number of carbonyl (C=O) groups excluding carboxylic acids is 2. The van der Waals surface area contributed by atoms with Crippen LogP contribution in [-0.2, 0) is 9.53 Å². The predicted octanol–water partition coefficient (Wildman–Crippen LogP) is 4.17. The van der Waals surface area contributed by atoms with E-state index in [-0.39, 0.29) is 17.9 Å². The number of ether oxygens (including phenoxy) is 1. The van der Waals surface area contributed by atoms with E-state index in [4.69, 9.17) is 4.74 Å². The number of benzene rings is 1. The molecular weight excluding hydrogens is 376 g/mol. The molecule has 1 aromatic rings. The lowest BCUT2D eigenvalue weighted by Gasteiger charge is -2.32. The molecule has 1 N–H and O–H groups in total. The Balaban J connectivity index is 1.54. The minimum Gasteiger partial charge on any atom is -0.383 e. The third kappa shape index (κ3) is 6.14. The fourth-order valence-corrected chi connectivity index (χ4v) is 4.99. The molecule has 1 aliphatic heterocycles. The SMILES string of the molecule is CCCC(=O)[C@@H]1CCCC[C@@H]1NC(=O)c1ccc(C2CCN(CCOC)CC2)cc1. The quantitative estimate of drug-likeness (QED) is 0.659. The highest BCUT2D eigenvalue weighted by molar-refractivity contribution is 5.95. The summed E-state index contributed by atoms with van der Waals surface area (Å²) in [4.78, 5) is 27.8. The van der Waals surface area contributed by atoms with E-state index in [9.17, 15) is 9.59 Å². The van der Waals surface area contributed by atoms with Crippen LogP contribution in [-0.4, -0.2) is 56.0 Å². The van der Waals surface area contributed by atoms with Crippen LogP contribution in [0.25, 0.3) is 0 Å². The molecule has 1 aromatic carbocycles. The van der Waals surface area contributed by atoms with Crippen molar-refractivity contribution >= 4 is 11.7 Å². The first-order valence-corrected chi connectivity index (χ1v) is 11.8. The molecule has 5 heteroatoms. The number of amides is 1. The summed E-state index contributed by atoms with van der Waals surface area (Å²) in [5.41, 5.74) is 2.02. The van der Waals surface area contributed by atoms with Gasteiger partial charge in [-0.1, -0.05) is 31.9 Å². The van der Waals surface area contributed by atoms with Gasteiger partial charge in [0.05, 0.1) is 6.61 Å². The molecule has 1 saturated carbocycles. The van der Waals surface area contributed by atoms with E-state index in [2.05, 4.69) is 22.3 Å². The lowest BCUT2D eigenvalue weighted by molar-refractivity contribution is -0.124. The first kappa shape index (κ1) is 23.0. The number of methoxy groups -OCH3 is 1. The number of carbonyl (C=O) groups is 2. The first-order valence-electron chi connectivity index (χ1n) is 11.8. The van der Waals surface area contributed by atoms with E-state index in [0.717, 1.165) is 71.2 Å². The van der Waals surface area contributed by atoms with Crippen LogP contribution in [0.4, 0.5) is 0 Å². The second-order valence-corrected chi connectivity index (χ2v) is 8.92. The van der Waals surface area contributed by atoms with Crippen molar-refractivity contribution in [3.63, 3.8) is 0 Å². The van der Waals surface area contributed by atoms with E-state index in [1.807, 2.05) is 19.1 Å². The Kier molecular flexibility index (Phi) is 8.88. The summed E-state index contributed by atoms with van der Waals surface area (Å²) in [6.45, 7) is 6.04. The number of Topliss-reactive ketones (excluding diaryl/α,β-unsaturated/α-hetero) is 1. The van der Waals surface area contributed by atoms with Gasteiger partial charge in [0.2, 0.25) is 0 Å². The smallest absolute Gasteiger partial charge is 0.251 e. The normalized spacial score (nSPS) is 23.3. The van der Waals surface area contributed by atoms with E-state index < -0.39 is 0 Å². The van der Waals surface area contributed by atoms with Gasteiger partial charge in [0.15, 0.2) is 0 Å². The van der Waals surface area contributed by atoms with Crippen LogP contribution in [0.1, 0.15) is 80.1 Å². The van der Waals surface area contributed by atoms with Crippen LogP contribution >= 0.6 is 0 Å². The van der Waals surface area contributed by atoms with Crippen molar-refractivity contribution in [1.82, 2.24) is 10.2 Å².